The minimum absolute atomic E-state index is 0.146. The molecule has 18 heavy (non-hydrogen) atoms. The molecule has 2 heterocycles. The normalized spacial score (nSPS) is 17.7. The summed E-state index contributed by atoms with van der Waals surface area (Å²) in [6.07, 6.45) is 2.95. The quantitative estimate of drug-likeness (QED) is 0.848. The maximum atomic E-state index is 11.9. The van der Waals surface area contributed by atoms with E-state index in [1.54, 1.807) is 0 Å². The minimum atomic E-state index is -0.515. The number of likely N-dealkylation sites (tertiary alicyclic amines) is 1. The molecule has 5 heteroatoms. The van der Waals surface area contributed by atoms with Crippen molar-refractivity contribution >= 4 is 17.2 Å². The van der Waals surface area contributed by atoms with Crippen LogP contribution in [0.15, 0.2) is 17.5 Å². The fourth-order valence-electron chi connectivity index (χ4n) is 2.15. The highest BCUT2D eigenvalue weighted by molar-refractivity contribution is 7.10. The first-order chi connectivity index (χ1) is 8.77. The molecule has 0 radical (unpaired) electrons. The van der Waals surface area contributed by atoms with Crippen LogP contribution in [0.4, 0.5) is 0 Å². The number of carbonyl (C=O) groups is 1. The number of nitrogens with one attached hydrogen (secondary N) is 1. The van der Waals surface area contributed by atoms with Gasteiger partial charge >= 0.3 is 0 Å². The molecule has 1 atom stereocenters. The molecular formula is C13H20N2O2S. The Morgan fingerprint density at radius 1 is 1.44 bits per heavy atom. The van der Waals surface area contributed by atoms with Crippen molar-refractivity contribution in [3.8, 4) is 0 Å². The summed E-state index contributed by atoms with van der Waals surface area (Å²) < 4.78 is 0. The van der Waals surface area contributed by atoms with Crippen molar-refractivity contribution in [2.75, 3.05) is 26.2 Å². The Hall–Kier alpha value is -0.910. The predicted octanol–water partition coefficient (Wildman–Crippen LogP) is 1.38. The van der Waals surface area contributed by atoms with Crippen molar-refractivity contribution in [1.29, 1.82) is 0 Å². The van der Waals surface area contributed by atoms with E-state index >= 15 is 0 Å². The molecule has 1 aliphatic rings. The second-order valence-corrected chi connectivity index (χ2v) is 5.58. The Morgan fingerprint density at radius 3 is 2.89 bits per heavy atom. The molecule has 1 unspecified atom stereocenters. The molecule has 1 aromatic heterocycles. The maximum absolute atomic E-state index is 11.9. The molecule has 0 spiro atoms. The van der Waals surface area contributed by atoms with Gasteiger partial charge in [0.15, 0.2) is 0 Å². The molecule has 1 fully saturated rings. The van der Waals surface area contributed by atoms with Crippen LogP contribution >= 0.6 is 11.3 Å². The summed E-state index contributed by atoms with van der Waals surface area (Å²) in [5.74, 6) is 0.146. The summed E-state index contributed by atoms with van der Waals surface area (Å²) >= 11 is 1.53. The Bertz CT molecular complexity index is 361. The zero-order valence-electron chi connectivity index (χ0n) is 10.5. The fraction of sp³-hybridized carbons (Fsp3) is 0.615. The van der Waals surface area contributed by atoms with E-state index in [4.69, 9.17) is 0 Å². The molecule has 2 N–H and O–H groups in total. The van der Waals surface area contributed by atoms with E-state index in [9.17, 15) is 9.90 Å². The number of amides is 1. The van der Waals surface area contributed by atoms with Gasteiger partial charge in [0, 0.05) is 24.5 Å². The van der Waals surface area contributed by atoms with Crippen molar-refractivity contribution < 1.29 is 9.90 Å². The number of nitrogens with zero attached hydrogens (tertiary/aromatic N) is 1. The molecule has 0 aromatic carbocycles. The van der Waals surface area contributed by atoms with Crippen molar-refractivity contribution in [2.45, 2.75) is 25.4 Å². The summed E-state index contributed by atoms with van der Waals surface area (Å²) in [4.78, 5) is 14.7. The number of piperidine rings is 1. The SMILES string of the molecule is O=C(CNCC(O)c1cccs1)N1CCCCC1. The van der Waals surface area contributed by atoms with E-state index in [1.165, 1.54) is 17.8 Å². The number of thiophene rings is 1. The molecule has 100 valence electrons. The van der Waals surface area contributed by atoms with Gasteiger partial charge in [-0.15, -0.1) is 11.3 Å². The first-order valence-corrected chi connectivity index (χ1v) is 7.35. The van der Waals surface area contributed by atoms with E-state index in [1.807, 2.05) is 22.4 Å². The van der Waals surface area contributed by atoms with Crippen molar-refractivity contribution in [3.63, 3.8) is 0 Å². The lowest BCUT2D eigenvalue weighted by Gasteiger charge is -2.27. The van der Waals surface area contributed by atoms with Gasteiger partial charge in [-0.2, -0.15) is 0 Å². The summed E-state index contributed by atoms with van der Waals surface area (Å²) in [5, 5.41) is 14.8. The molecular weight excluding hydrogens is 248 g/mol. The highest BCUT2D eigenvalue weighted by atomic mass is 32.1. The molecule has 0 bridgehead atoms. The maximum Gasteiger partial charge on any atom is 0.236 e. The van der Waals surface area contributed by atoms with E-state index < -0.39 is 6.10 Å². The van der Waals surface area contributed by atoms with Crippen molar-refractivity contribution in [3.05, 3.63) is 22.4 Å². The largest absolute Gasteiger partial charge is 0.386 e. The number of hydrogen-bond acceptors (Lipinski definition) is 4. The van der Waals surface area contributed by atoms with Crippen LogP contribution in [0.25, 0.3) is 0 Å². The van der Waals surface area contributed by atoms with Crippen LogP contribution in [0.1, 0.15) is 30.2 Å². The second-order valence-electron chi connectivity index (χ2n) is 4.60. The van der Waals surface area contributed by atoms with Gasteiger partial charge in [-0.25, -0.2) is 0 Å². The standard InChI is InChI=1S/C13H20N2O2S/c16-11(12-5-4-8-18-12)9-14-10-13(17)15-6-2-1-3-7-15/h4-5,8,11,14,16H,1-3,6-7,9-10H2. The lowest BCUT2D eigenvalue weighted by molar-refractivity contribution is -0.131. The van der Waals surface area contributed by atoms with E-state index in [2.05, 4.69) is 5.32 Å². The topological polar surface area (TPSA) is 52.6 Å². The number of aliphatic hydroxyl groups is 1. The zero-order chi connectivity index (χ0) is 12.8. The van der Waals surface area contributed by atoms with Crippen LogP contribution in [-0.4, -0.2) is 42.1 Å². The lowest BCUT2D eigenvalue weighted by atomic mass is 10.1. The monoisotopic (exact) mass is 268 g/mol. The Morgan fingerprint density at radius 2 is 2.22 bits per heavy atom. The number of hydrogen-bond donors (Lipinski definition) is 2. The molecule has 1 aliphatic heterocycles. The third-order valence-electron chi connectivity index (χ3n) is 3.19. The summed E-state index contributed by atoms with van der Waals surface area (Å²) in [6, 6.07) is 3.82. The number of aliphatic hydroxyl groups excluding tert-OH is 1. The van der Waals surface area contributed by atoms with Gasteiger partial charge in [-0.1, -0.05) is 6.07 Å². The van der Waals surface area contributed by atoms with Gasteiger partial charge in [-0.3, -0.25) is 4.79 Å². The molecule has 2 rings (SSSR count). The highest BCUT2D eigenvalue weighted by Crippen LogP contribution is 2.17. The highest BCUT2D eigenvalue weighted by Gasteiger charge is 2.16. The van der Waals surface area contributed by atoms with E-state index in [0.29, 0.717) is 13.1 Å². The molecule has 4 nitrogen and oxygen atoms in total. The zero-order valence-corrected chi connectivity index (χ0v) is 11.3. The average molecular weight is 268 g/mol. The van der Waals surface area contributed by atoms with E-state index in [0.717, 1.165) is 30.8 Å². The number of rotatable bonds is 5. The average Bonchev–Trinajstić information content (AvgIpc) is 2.93. The molecule has 1 saturated heterocycles. The van der Waals surface area contributed by atoms with Crippen LogP contribution in [0.5, 0.6) is 0 Å². The first kappa shape index (κ1) is 13.5. The van der Waals surface area contributed by atoms with Crippen LogP contribution in [0, 0.1) is 0 Å². The smallest absolute Gasteiger partial charge is 0.236 e. The Kier molecular flexibility index (Phi) is 5.16. The van der Waals surface area contributed by atoms with Crippen molar-refractivity contribution in [1.82, 2.24) is 10.2 Å². The van der Waals surface area contributed by atoms with Gasteiger partial charge < -0.3 is 15.3 Å². The van der Waals surface area contributed by atoms with Gasteiger partial charge in [0.05, 0.1) is 6.54 Å². The van der Waals surface area contributed by atoms with Crippen LogP contribution in [-0.2, 0) is 4.79 Å². The molecule has 0 saturated carbocycles. The van der Waals surface area contributed by atoms with E-state index in [-0.39, 0.29) is 5.91 Å². The van der Waals surface area contributed by atoms with Crippen LogP contribution in [0.2, 0.25) is 0 Å². The van der Waals surface area contributed by atoms with Gasteiger partial charge in [0.1, 0.15) is 6.10 Å². The predicted molar refractivity (Wildman–Crippen MR) is 72.6 cm³/mol. The summed E-state index contributed by atoms with van der Waals surface area (Å²) in [7, 11) is 0. The first-order valence-electron chi connectivity index (χ1n) is 6.47. The fourth-order valence-corrected chi connectivity index (χ4v) is 2.86. The molecule has 0 aliphatic carbocycles. The Balaban J connectivity index is 1.67. The Labute approximate surface area is 112 Å². The van der Waals surface area contributed by atoms with Gasteiger partial charge in [-0.05, 0) is 30.7 Å². The lowest BCUT2D eigenvalue weighted by Crippen LogP contribution is -2.41. The molecule has 1 aromatic rings. The third kappa shape index (κ3) is 3.80. The third-order valence-corrected chi connectivity index (χ3v) is 4.17. The summed E-state index contributed by atoms with van der Waals surface area (Å²) in [6.45, 7) is 2.52. The summed E-state index contributed by atoms with van der Waals surface area (Å²) in [5.41, 5.74) is 0. The minimum Gasteiger partial charge on any atom is -0.386 e. The van der Waals surface area contributed by atoms with Gasteiger partial charge in [0.2, 0.25) is 5.91 Å². The van der Waals surface area contributed by atoms with Crippen molar-refractivity contribution in [2.24, 2.45) is 0 Å². The van der Waals surface area contributed by atoms with Crippen LogP contribution in [0.3, 0.4) is 0 Å². The number of carbonyl (C=O) groups excluding carboxylic acids is 1. The van der Waals surface area contributed by atoms with Crippen LogP contribution < -0.4 is 5.32 Å². The molecule has 1 amide bonds. The van der Waals surface area contributed by atoms with Gasteiger partial charge in [0.25, 0.3) is 0 Å². The second kappa shape index (κ2) is 6.87.